The van der Waals surface area contributed by atoms with Gasteiger partial charge in [0.25, 0.3) is 0 Å². The van der Waals surface area contributed by atoms with E-state index in [4.69, 9.17) is 10.4 Å². The Morgan fingerprint density at radius 2 is 2.00 bits per heavy atom. The maximum atomic E-state index is 12.0. The third-order valence-corrected chi connectivity index (χ3v) is 3.52. The molecule has 1 fully saturated rings. The summed E-state index contributed by atoms with van der Waals surface area (Å²) in [7, 11) is 0. The minimum absolute atomic E-state index is 0.0603. The molecule has 0 spiro atoms. The van der Waals surface area contributed by atoms with Crippen molar-refractivity contribution in [2.45, 2.75) is 51.5 Å². The van der Waals surface area contributed by atoms with Gasteiger partial charge < -0.3 is 10.4 Å². The Kier molecular flexibility index (Phi) is 5.63. The van der Waals surface area contributed by atoms with Crippen molar-refractivity contribution in [3.63, 3.8) is 0 Å². The molecule has 2 N–H and O–H groups in total. The molecule has 0 radical (unpaired) electrons. The van der Waals surface area contributed by atoms with Crippen LogP contribution in [0, 0.1) is 23.2 Å². The number of carboxylic acid groups (broad SMARTS) is 1. The van der Waals surface area contributed by atoms with E-state index in [0.717, 1.165) is 32.1 Å². The van der Waals surface area contributed by atoms with Gasteiger partial charge in [0, 0.05) is 18.3 Å². The van der Waals surface area contributed by atoms with Crippen LogP contribution in [-0.2, 0) is 9.59 Å². The molecule has 0 bridgehead atoms. The van der Waals surface area contributed by atoms with Crippen LogP contribution < -0.4 is 5.32 Å². The largest absolute Gasteiger partial charge is 0.480 e. The molecule has 0 aromatic heterocycles. The quantitative estimate of drug-likeness (QED) is 0.779. The van der Waals surface area contributed by atoms with E-state index in [1.54, 1.807) is 6.92 Å². The average Bonchev–Trinajstić information content (AvgIpc) is 2.36. The molecule has 18 heavy (non-hydrogen) atoms. The second-order valence-electron chi connectivity index (χ2n) is 5.00. The summed E-state index contributed by atoms with van der Waals surface area (Å²) in [6, 6.07) is 0.982. The number of aliphatic carboxylic acids is 1. The number of carbonyl (C=O) groups is 2. The zero-order valence-corrected chi connectivity index (χ0v) is 10.7. The number of hydrogen-bond donors (Lipinski definition) is 2. The average molecular weight is 252 g/mol. The maximum Gasteiger partial charge on any atom is 0.326 e. The smallest absolute Gasteiger partial charge is 0.326 e. The molecule has 100 valence electrons. The molecule has 0 unspecified atom stereocenters. The van der Waals surface area contributed by atoms with Gasteiger partial charge in [0.2, 0.25) is 5.91 Å². The topological polar surface area (TPSA) is 90.2 Å². The molecular formula is C13H20N2O3. The predicted octanol–water partition coefficient (Wildman–Crippen LogP) is 1.69. The van der Waals surface area contributed by atoms with E-state index in [2.05, 4.69) is 5.32 Å². The van der Waals surface area contributed by atoms with E-state index >= 15 is 0 Å². The van der Waals surface area contributed by atoms with Gasteiger partial charge in [0.1, 0.15) is 6.04 Å². The summed E-state index contributed by atoms with van der Waals surface area (Å²) in [5.41, 5.74) is 0. The molecule has 1 saturated carbocycles. The van der Waals surface area contributed by atoms with Gasteiger partial charge in [-0.05, 0) is 12.8 Å². The second-order valence-corrected chi connectivity index (χ2v) is 5.00. The van der Waals surface area contributed by atoms with Gasteiger partial charge in [-0.15, -0.1) is 0 Å². The summed E-state index contributed by atoms with van der Waals surface area (Å²) >= 11 is 0. The van der Waals surface area contributed by atoms with Gasteiger partial charge in [-0.2, -0.15) is 5.26 Å². The Hall–Kier alpha value is -1.57. The van der Waals surface area contributed by atoms with E-state index in [-0.39, 0.29) is 24.2 Å². The zero-order chi connectivity index (χ0) is 13.5. The minimum Gasteiger partial charge on any atom is -0.480 e. The van der Waals surface area contributed by atoms with Gasteiger partial charge in [-0.3, -0.25) is 4.79 Å². The van der Waals surface area contributed by atoms with Crippen LogP contribution in [0.3, 0.4) is 0 Å². The number of carbonyl (C=O) groups excluding carboxylic acids is 1. The normalized spacial score (nSPS) is 19.6. The molecule has 0 aromatic carbocycles. The van der Waals surface area contributed by atoms with E-state index in [1.807, 2.05) is 6.07 Å². The van der Waals surface area contributed by atoms with Crippen molar-refractivity contribution in [2.75, 3.05) is 0 Å². The Morgan fingerprint density at radius 1 is 1.39 bits per heavy atom. The van der Waals surface area contributed by atoms with E-state index in [1.165, 1.54) is 0 Å². The fourth-order valence-corrected chi connectivity index (χ4v) is 2.35. The molecule has 0 aromatic rings. The summed E-state index contributed by atoms with van der Waals surface area (Å²) in [6.07, 6.45) is 5.02. The lowest BCUT2D eigenvalue weighted by Crippen LogP contribution is -2.47. The van der Waals surface area contributed by atoms with Crippen molar-refractivity contribution in [2.24, 2.45) is 11.8 Å². The number of rotatable bonds is 5. The first kappa shape index (κ1) is 14.5. The fourth-order valence-electron chi connectivity index (χ4n) is 2.35. The highest BCUT2D eigenvalue weighted by Crippen LogP contribution is 2.24. The maximum absolute atomic E-state index is 12.0. The molecule has 2 atom stereocenters. The molecular weight excluding hydrogens is 232 g/mol. The molecule has 1 aliphatic carbocycles. The van der Waals surface area contributed by atoms with Crippen LogP contribution >= 0.6 is 0 Å². The molecule has 5 nitrogen and oxygen atoms in total. The third kappa shape index (κ3) is 4.02. The monoisotopic (exact) mass is 252 g/mol. The Morgan fingerprint density at radius 3 is 2.50 bits per heavy atom. The summed E-state index contributed by atoms with van der Waals surface area (Å²) in [6.45, 7) is 1.67. The third-order valence-electron chi connectivity index (χ3n) is 3.52. The van der Waals surface area contributed by atoms with Crippen molar-refractivity contribution in [3.05, 3.63) is 0 Å². The van der Waals surface area contributed by atoms with Crippen LogP contribution in [0.15, 0.2) is 0 Å². The second kappa shape index (κ2) is 7.00. The molecule has 0 saturated heterocycles. The molecule has 0 aliphatic heterocycles. The summed E-state index contributed by atoms with van der Waals surface area (Å²) < 4.78 is 0. The fraction of sp³-hybridized carbons (Fsp3) is 0.769. The first-order valence-electron chi connectivity index (χ1n) is 6.46. The van der Waals surface area contributed by atoms with Crippen LogP contribution in [0.4, 0.5) is 0 Å². The number of carboxylic acids is 1. The summed E-state index contributed by atoms with van der Waals surface area (Å²) in [5, 5.41) is 20.3. The molecule has 5 heteroatoms. The SMILES string of the molecule is C[C@@H](CC#N)[C@@H](NC(=O)C1CCCCC1)C(=O)O. The summed E-state index contributed by atoms with van der Waals surface area (Å²) in [5.74, 6) is -1.68. The van der Waals surface area contributed by atoms with E-state index in [0.29, 0.717) is 0 Å². The minimum atomic E-state index is -1.07. The predicted molar refractivity (Wildman–Crippen MR) is 65.5 cm³/mol. The van der Waals surface area contributed by atoms with Gasteiger partial charge in [0.15, 0.2) is 0 Å². The highest BCUT2D eigenvalue weighted by Gasteiger charge is 2.29. The van der Waals surface area contributed by atoms with Crippen molar-refractivity contribution < 1.29 is 14.7 Å². The Bertz CT molecular complexity index is 343. The highest BCUT2D eigenvalue weighted by atomic mass is 16.4. The molecule has 0 heterocycles. The number of nitrogens with one attached hydrogen (secondary N) is 1. The summed E-state index contributed by atoms with van der Waals surface area (Å²) in [4.78, 5) is 23.1. The van der Waals surface area contributed by atoms with Crippen molar-refractivity contribution in [3.8, 4) is 6.07 Å². The van der Waals surface area contributed by atoms with Crippen molar-refractivity contribution in [1.82, 2.24) is 5.32 Å². The van der Waals surface area contributed by atoms with Gasteiger partial charge in [-0.1, -0.05) is 26.2 Å². The first-order chi connectivity index (χ1) is 8.56. The van der Waals surface area contributed by atoms with Gasteiger partial charge >= 0.3 is 5.97 Å². The number of nitrogens with zero attached hydrogens (tertiary/aromatic N) is 1. The Balaban J connectivity index is 2.57. The number of nitriles is 1. The van der Waals surface area contributed by atoms with E-state index < -0.39 is 12.0 Å². The lowest BCUT2D eigenvalue weighted by Gasteiger charge is -2.25. The molecule has 1 amide bonds. The van der Waals surface area contributed by atoms with Crippen LogP contribution in [-0.4, -0.2) is 23.0 Å². The van der Waals surface area contributed by atoms with Crippen molar-refractivity contribution >= 4 is 11.9 Å². The van der Waals surface area contributed by atoms with Crippen LogP contribution in [0.1, 0.15) is 45.4 Å². The van der Waals surface area contributed by atoms with Crippen molar-refractivity contribution in [1.29, 1.82) is 5.26 Å². The standard InChI is InChI=1S/C13H20N2O3/c1-9(7-8-14)11(13(17)18)15-12(16)10-5-3-2-4-6-10/h9-11H,2-7H2,1H3,(H,15,16)(H,17,18)/t9-,11+/m0/s1. The van der Waals surface area contributed by atoms with Crippen LogP contribution in [0.5, 0.6) is 0 Å². The lowest BCUT2D eigenvalue weighted by atomic mass is 9.88. The number of hydrogen-bond acceptors (Lipinski definition) is 3. The number of amides is 1. The van der Waals surface area contributed by atoms with Gasteiger partial charge in [-0.25, -0.2) is 4.79 Å². The Labute approximate surface area is 107 Å². The van der Waals surface area contributed by atoms with Crippen LogP contribution in [0.25, 0.3) is 0 Å². The highest BCUT2D eigenvalue weighted by molar-refractivity contribution is 5.85. The van der Waals surface area contributed by atoms with Gasteiger partial charge in [0.05, 0.1) is 6.07 Å². The van der Waals surface area contributed by atoms with E-state index in [9.17, 15) is 9.59 Å². The molecule has 1 aliphatic rings. The molecule has 1 rings (SSSR count). The first-order valence-corrected chi connectivity index (χ1v) is 6.46. The lowest BCUT2D eigenvalue weighted by molar-refractivity contribution is -0.144. The zero-order valence-electron chi connectivity index (χ0n) is 10.7. The van der Waals surface area contributed by atoms with Crippen LogP contribution in [0.2, 0.25) is 0 Å².